The lowest BCUT2D eigenvalue weighted by molar-refractivity contribution is -0.123. The van der Waals surface area contributed by atoms with Crippen LogP contribution in [0.2, 0.25) is 0 Å². The van der Waals surface area contributed by atoms with Crippen molar-refractivity contribution in [2.24, 2.45) is 5.73 Å². The third-order valence-electron chi connectivity index (χ3n) is 2.44. The van der Waals surface area contributed by atoms with Gasteiger partial charge in [0.1, 0.15) is 0 Å². The van der Waals surface area contributed by atoms with Crippen LogP contribution in [0.4, 0.5) is 0 Å². The Morgan fingerprint density at radius 1 is 1.53 bits per heavy atom. The van der Waals surface area contributed by atoms with Gasteiger partial charge in [0.15, 0.2) is 0 Å². The third-order valence-corrected chi connectivity index (χ3v) is 3.22. The highest BCUT2D eigenvalue weighted by atomic mass is 79.9. The lowest BCUT2D eigenvalue weighted by Gasteiger charge is -2.13. The maximum atomic E-state index is 11.6. The Hall–Kier alpha value is -0.910. The Labute approximate surface area is 110 Å². The summed E-state index contributed by atoms with van der Waals surface area (Å²) < 4.78 is 6.04. The van der Waals surface area contributed by atoms with Gasteiger partial charge in [-0.1, -0.05) is 34.1 Å². The second kappa shape index (κ2) is 7.42. The van der Waals surface area contributed by atoms with E-state index in [1.807, 2.05) is 24.3 Å². The summed E-state index contributed by atoms with van der Waals surface area (Å²) in [6.45, 7) is 0.847. The number of benzene rings is 1. The molecule has 0 aliphatic rings. The molecule has 17 heavy (non-hydrogen) atoms. The molecule has 1 aromatic carbocycles. The number of carbonyl (C=O) groups excluding carboxylic acids is 1. The zero-order chi connectivity index (χ0) is 12.7. The van der Waals surface area contributed by atoms with Crippen molar-refractivity contribution in [3.8, 4) is 0 Å². The number of methoxy groups -OCH3 is 1. The maximum absolute atomic E-state index is 11.6. The van der Waals surface area contributed by atoms with Gasteiger partial charge in [-0.05, 0) is 11.6 Å². The zero-order valence-electron chi connectivity index (χ0n) is 9.78. The molecule has 0 saturated carbocycles. The molecule has 3 N–H and O–H groups in total. The number of halogens is 1. The first-order valence-corrected chi connectivity index (χ1v) is 6.19. The number of nitrogens with one attached hydrogen (secondary N) is 1. The first-order valence-electron chi connectivity index (χ1n) is 5.40. The zero-order valence-corrected chi connectivity index (χ0v) is 11.4. The van der Waals surface area contributed by atoms with Crippen LogP contribution in [0.5, 0.6) is 0 Å². The predicted molar refractivity (Wildman–Crippen MR) is 70.5 cm³/mol. The number of hydrogen-bond acceptors (Lipinski definition) is 3. The van der Waals surface area contributed by atoms with Crippen molar-refractivity contribution in [2.45, 2.75) is 19.1 Å². The van der Waals surface area contributed by atoms with Crippen molar-refractivity contribution in [1.82, 2.24) is 5.32 Å². The summed E-state index contributed by atoms with van der Waals surface area (Å²) >= 11 is 3.43. The SMILES string of the molecule is COC(CN)CC(=O)NCc1ccccc1Br. The van der Waals surface area contributed by atoms with Crippen LogP contribution in [-0.2, 0) is 16.1 Å². The fraction of sp³-hybridized carbons (Fsp3) is 0.417. The second-order valence-corrected chi connectivity index (χ2v) is 4.52. The normalized spacial score (nSPS) is 12.2. The highest BCUT2D eigenvalue weighted by Gasteiger charge is 2.11. The molecule has 0 bridgehead atoms. The lowest BCUT2D eigenvalue weighted by Crippen LogP contribution is -2.31. The van der Waals surface area contributed by atoms with Gasteiger partial charge in [0.05, 0.1) is 12.5 Å². The number of nitrogens with two attached hydrogens (primary N) is 1. The van der Waals surface area contributed by atoms with Gasteiger partial charge in [-0.2, -0.15) is 0 Å². The molecule has 0 aliphatic heterocycles. The summed E-state index contributed by atoms with van der Waals surface area (Å²) in [7, 11) is 1.55. The van der Waals surface area contributed by atoms with E-state index in [0.717, 1.165) is 10.0 Å². The fourth-order valence-corrected chi connectivity index (χ4v) is 1.80. The average Bonchev–Trinajstić information content (AvgIpc) is 2.35. The Morgan fingerprint density at radius 2 is 2.24 bits per heavy atom. The van der Waals surface area contributed by atoms with Crippen molar-refractivity contribution in [1.29, 1.82) is 0 Å². The molecular formula is C12H17BrN2O2. The number of carbonyl (C=O) groups is 1. The van der Waals surface area contributed by atoms with Gasteiger partial charge < -0.3 is 15.8 Å². The Bertz CT molecular complexity index is 367. The molecule has 1 amide bonds. The molecule has 1 unspecified atom stereocenters. The molecule has 0 aliphatic carbocycles. The van der Waals surface area contributed by atoms with Crippen LogP contribution in [0, 0.1) is 0 Å². The number of ether oxygens (including phenoxy) is 1. The van der Waals surface area contributed by atoms with Crippen LogP contribution in [-0.4, -0.2) is 25.7 Å². The molecule has 0 spiro atoms. The highest BCUT2D eigenvalue weighted by molar-refractivity contribution is 9.10. The fourth-order valence-electron chi connectivity index (χ4n) is 1.38. The molecule has 0 aromatic heterocycles. The Balaban J connectivity index is 2.41. The van der Waals surface area contributed by atoms with Crippen molar-refractivity contribution in [2.75, 3.05) is 13.7 Å². The number of rotatable bonds is 6. The first-order chi connectivity index (χ1) is 8.17. The summed E-state index contributed by atoms with van der Waals surface area (Å²) in [4.78, 5) is 11.6. The van der Waals surface area contributed by atoms with Crippen molar-refractivity contribution >= 4 is 21.8 Å². The van der Waals surface area contributed by atoms with E-state index < -0.39 is 0 Å². The van der Waals surface area contributed by atoms with E-state index in [-0.39, 0.29) is 18.4 Å². The predicted octanol–water partition coefficient (Wildman–Crippen LogP) is 1.43. The summed E-state index contributed by atoms with van der Waals surface area (Å²) in [5.41, 5.74) is 6.49. The molecule has 1 aromatic rings. The molecule has 0 heterocycles. The van der Waals surface area contributed by atoms with Gasteiger partial charge in [0, 0.05) is 24.7 Å². The van der Waals surface area contributed by atoms with E-state index in [9.17, 15) is 4.79 Å². The maximum Gasteiger partial charge on any atom is 0.222 e. The monoisotopic (exact) mass is 300 g/mol. The van der Waals surface area contributed by atoms with Gasteiger partial charge in [0.2, 0.25) is 5.91 Å². The molecule has 1 atom stereocenters. The molecule has 1 rings (SSSR count). The Kier molecular flexibility index (Phi) is 6.18. The Morgan fingerprint density at radius 3 is 2.82 bits per heavy atom. The van der Waals surface area contributed by atoms with Crippen LogP contribution in [0.25, 0.3) is 0 Å². The van der Waals surface area contributed by atoms with E-state index in [1.165, 1.54) is 0 Å². The van der Waals surface area contributed by atoms with E-state index in [2.05, 4.69) is 21.2 Å². The molecule has 94 valence electrons. The lowest BCUT2D eigenvalue weighted by atomic mass is 10.2. The minimum atomic E-state index is -0.214. The molecule has 5 heteroatoms. The number of amides is 1. The van der Waals surface area contributed by atoms with Crippen LogP contribution in [0.1, 0.15) is 12.0 Å². The van der Waals surface area contributed by atoms with Gasteiger partial charge in [0.25, 0.3) is 0 Å². The van der Waals surface area contributed by atoms with E-state index in [4.69, 9.17) is 10.5 Å². The summed E-state index contributed by atoms with van der Waals surface area (Å²) in [6, 6.07) is 7.77. The number of hydrogen-bond donors (Lipinski definition) is 2. The van der Waals surface area contributed by atoms with Crippen molar-refractivity contribution in [3.63, 3.8) is 0 Å². The van der Waals surface area contributed by atoms with Gasteiger partial charge >= 0.3 is 0 Å². The smallest absolute Gasteiger partial charge is 0.222 e. The van der Waals surface area contributed by atoms with E-state index >= 15 is 0 Å². The second-order valence-electron chi connectivity index (χ2n) is 3.67. The largest absolute Gasteiger partial charge is 0.380 e. The average molecular weight is 301 g/mol. The van der Waals surface area contributed by atoms with E-state index in [1.54, 1.807) is 7.11 Å². The van der Waals surface area contributed by atoms with Gasteiger partial charge in [-0.3, -0.25) is 4.79 Å². The summed E-state index contributed by atoms with van der Waals surface area (Å²) in [5.74, 6) is -0.0574. The third kappa shape index (κ3) is 4.85. The highest BCUT2D eigenvalue weighted by Crippen LogP contribution is 2.15. The minimum absolute atomic E-state index is 0.0574. The van der Waals surface area contributed by atoms with Crippen LogP contribution in [0.15, 0.2) is 28.7 Å². The quantitative estimate of drug-likeness (QED) is 0.835. The van der Waals surface area contributed by atoms with Crippen molar-refractivity contribution < 1.29 is 9.53 Å². The molecule has 0 radical (unpaired) electrons. The standard InChI is InChI=1S/C12H17BrN2O2/c1-17-10(7-14)6-12(16)15-8-9-4-2-3-5-11(9)13/h2-5,10H,6-8,14H2,1H3,(H,15,16). The van der Waals surface area contributed by atoms with Crippen LogP contribution >= 0.6 is 15.9 Å². The van der Waals surface area contributed by atoms with Crippen molar-refractivity contribution in [3.05, 3.63) is 34.3 Å². The van der Waals surface area contributed by atoms with Crippen LogP contribution in [0.3, 0.4) is 0 Å². The molecular weight excluding hydrogens is 284 g/mol. The summed E-state index contributed by atoms with van der Waals surface area (Å²) in [5, 5.41) is 2.83. The first kappa shape index (κ1) is 14.2. The molecule has 4 nitrogen and oxygen atoms in total. The minimum Gasteiger partial charge on any atom is -0.380 e. The van der Waals surface area contributed by atoms with E-state index in [0.29, 0.717) is 13.1 Å². The molecule has 0 fully saturated rings. The topological polar surface area (TPSA) is 64.3 Å². The summed E-state index contributed by atoms with van der Waals surface area (Å²) in [6.07, 6.45) is 0.0754. The van der Waals surface area contributed by atoms with Gasteiger partial charge in [-0.15, -0.1) is 0 Å². The van der Waals surface area contributed by atoms with Crippen LogP contribution < -0.4 is 11.1 Å². The molecule has 0 saturated heterocycles. The van der Waals surface area contributed by atoms with Gasteiger partial charge in [-0.25, -0.2) is 0 Å².